The first-order chi connectivity index (χ1) is 12.8. The fourth-order valence-corrected chi connectivity index (χ4v) is 2.05. The lowest BCUT2D eigenvalue weighted by Gasteiger charge is -2.05. The van der Waals surface area contributed by atoms with Crippen molar-refractivity contribution in [2.24, 2.45) is 5.10 Å². The van der Waals surface area contributed by atoms with Gasteiger partial charge in [0.1, 0.15) is 23.6 Å². The summed E-state index contributed by atoms with van der Waals surface area (Å²) in [6, 6.07) is 5.50. The van der Waals surface area contributed by atoms with Gasteiger partial charge in [0.2, 0.25) is 5.95 Å². The number of furan rings is 1. The molecule has 0 amide bonds. The van der Waals surface area contributed by atoms with Crippen LogP contribution in [-0.4, -0.2) is 32.1 Å². The Morgan fingerprint density at radius 3 is 2.74 bits per heavy atom. The van der Waals surface area contributed by atoms with Crippen LogP contribution in [0.15, 0.2) is 46.2 Å². The fraction of sp³-hybridized carbons (Fsp3) is 0.200. The first kappa shape index (κ1) is 18.5. The highest BCUT2D eigenvalue weighted by atomic mass is 19.4. The monoisotopic (exact) mass is 386 g/mol. The van der Waals surface area contributed by atoms with Gasteiger partial charge in [-0.1, -0.05) is 0 Å². The molecule has 3 rings (SSSR count). The molecule has 0 bridgehead atoms. The Hall–Kier alpha value is -3.31. The van der Waals surface area contributed by atoms with Gasteiger partial charge in [0.15, 0.2) is 5.76 Å². The van der Waals surface area contributed by atoms with E-state index in [0.29, 0.717) is 4.68 Å². The second kappa shape index (κ2) is 7.51. The molecule has 0 aromatic carbocycles. The van der Waals surface area contributed by atoms with Gasteiger partial charge in [-0.05, 0) is 24.3 Å². The van der Waals surface area contributed by atoms with Gasteiger partial charge >= 0.3 is 6.18 Å². The molecule has 7 nitrogen and oxygen atoms in total. The van der Waals surface area contributed by atoms with E-state index >= 15 is 0 Å². The van der Waals surface area contributed by atoms with Crippen molar-refractivity contribution in [3.63, 3.8) is 0 Å². The second-order valence-electron chi connectivity index (χ2n) is 5.20. The highest BCUT2D eigenvalue weighted by molar-refractivity contribution is 5.77. The number of anilines is 1. The van der Waals surface area contributed by atoms with Crippen LogP contribution < -0.4 is 5.43 Å². The number of hydrogen-bond acceptors (Lipinski definition) is 6. The molecular formula is C15H11F5N6O. The average Bonchev–Trinajstić information content (AvgIpc) is 3.25. The van der Waals surface area contributed by atoms with Crippen LogP contribution >= 0.6 is 0 Å². The Kier molecular flexibility index (Phi) is 5.14. The van der Waals surface area contributed by atoms with Crippen molar-refractivity contribution in [3.05, 3.63) is 48.1 Å². The summed E-state index contributed by atoms with van der Waals surface area (Å²) in [6.45, 7) is -1.24. The zero-order chi connectivity index (χ0) is 19.4. The smallest absolute Gasteiger partial charge is 0.408 e. The van der Waals surface area contributed by atoms with Gasteiger partial charge in [-0.15, -0.1) is 0 Å². The molecule has 0 aliphatic heterocycles. The Bertz CT molecular complexity index is 919. The Morgan fingerprint density at radius 1 is 1.26 bits per heavy atom. The second-order valence-corrected chi connectivity index (χ2v) is 5.20. The predicted octanol–water partition coefficient (Wildman–Crippen LogP) is 3.88. The Morgan fingerprint density at radius 2 is 2.07 bits per heavy atom. The lowest BCUT2D eigenvalue weighted by Crippen LogP contribution is -2.18. The van der Waals surface area contributed by atoms with Crippen LogP contribution in [0.2, 0.25) is 0 Å². The molecule has 3 heterocycles. The van der Waals surface area contributed by atoms with E-state index in [2.05, 4.69) is 25.6 Å². The van der Waals surface area contributed by atoms with E-state index in [1.165, 1.54) is 18.4 Å². The summed E-state index contributed by atoms with van der Waals surface area (Å²) in [7, 11) is 0. The van der Waals surface area contributed by atoms with E-state index in [1.807, 2.05) is 0 Å². The molecule has 27 heavy (non-hydrogen) atoms. The van der Waals surface area contributed by atoms with Crippen molar-refractivity contribution in [2.45, 2.75) is 19.1 Å². The van der Waals surface area contributed by atoms with Crippen LogP contribution in [0.4, 0.5) is 27.9 Å². The van der Waals surface area contributed by atoms with Gasteiger partial charge in [0, 0.05) is 6.20 Å². The zero-order valence-corrected chi connectivity index (χ0v) is 13.4. The van der Waals surface area contributed by atoms with Crippen LogP contribution in [0, 0.1) is 0 Å². The SMILES string of the molecule is FC(F)c1cc(-c2ccco2)nc(N/N=C/c2ccn(CC(F)(F)F)n2)n1. The summed E-state index contributed by atoms with van der Waals surface area (Å²) in [5.41, 5.74) is 2.06. The predicted molar refractivity (Wildman–Crippen MR) is 84.2 cm³/mol. The fourth-order valence-electron chi connectivity index (χ4n) is 2.05. The summed E-state index contributed by atoms with van der Waals surface area (Å²) in [4.78, 5) is 7.63. The van der Waals surface area contributed by atoms with Crippen LogP contribution in [0.25, 0.3) is 11.5 Å². The minimum Gasteiger partial charge on any atom is -0.463 e. The number of hydrazone groups is 1. The molecule has 3 aromatic rings. The molecule has 1 N–H and O–H groups in total. The van der Waals surface area contributed by atoms with E-state index in [9.17, 15) is 22.0 Å². The molecule has 0 fully saturated rings. The van der Waals surface area contributed by atoms with Crippen molar-refractivity contribution in [1.82, 2.24) is 19.7 Å². The molecule has 142 valence electrons. The normalized spacial score (nSPS) is 12.2. The Labute approximate surface area is 148 Å². The number of rotatable bonds is 6. The molecule has 0 radical (unpaired) electrons. The van der Waals surface area contributed by atoms with E-state index in [0.717, 1.165) is 18.5 Å². The number of aromatic nitrogens is 4. The van der Waals surface area contributed by atoms with Crippen molar-refractivity contribution in [2.75, 3.05) is 5.43 Å². The molecule has 0 saturated carbocycles. The number of hydrogen-bond donors (Lipinski definition) is 1. The maximum atomic E-state index is 13.0. The lowest BCUT2D eigenvalue weighted by atomic mass is 10.2. The van der Waals surface area contributed by atoms with E-state index in [1.54, 1.807) is 6.07 Å². The van der Waals surface area contributed by atoms with Crippen molar-refractivity contribution in [1.29, 1.82) is 0 Å². The van der Waals surface area contributed by atoms with Gasteiger partial charge in [-0.2, -0.15) is 23.4 Å². The topological polar surface area (TPSA) is 81.1 Å². The molecule has 0 aliphatic rings. The third-order valence-electron chi connectivity index (χ3n) is 3.11. The molecule has 0 spiro atoms. The van der Waals surface area contributed by atoms with E-state index < -0.39 is 24.8 Å². The molecule has 0 aliphatic carbocycles. The first-order valence-corrected chi connectivity index (χ1v) is 7.40. The summed E-state index contributed by atoms with van der Waals surface area (Å²) in [6.07, 6.45) is -3.63. The summed E-state index contributed by atoms with van der Waals surface area (Å²) >= 11 is 0. The first-order valence-electron chi connectivity index (χ1n) is 7.40. The third kappa shape index (κ3) is 5.09. The van der Waals surface area contributed by atoms with Crippen LogP contribution in [0.1, 0.15) is 17.8 Å². The maximum absolute atomic E-state index is 13.0. The minimum atomic E-state index is -4.40. The molecule has 3 aromatic heterocycles. The number of halogens is 5. The van der Waals surface area contributed by atoms with Crippen LogP contribution in [-0.2, 0) is 6.54 Å². The van der Waals surface area contributed by atoms with E-state index in [4.69, 9.17) is 4.42 Å². The number of nitrogens with zero attached hydrogens (tertiary/aromatic N) is 5. The number of alkyl halides is 5. The summed E-state index contributed by atoms with van der Waals surface area (Å²) in [5, 5.41) is 7.37. The van der Waals surface area contributed by atoms with Crippen molar-refractivity contribution >= 4 is 12.2 Å². The van der Waals surface area contributed by atoms with Gasteiger partial charge in [-0.3, -0.25) is 4.68 Å². The maximum Gasteiger partial charge on any atom is 0.408 e. The third-order valence-corrected chi connectivity index (χ3v) is 3.11. The van der Waals surface area contributed by atoms with Crippen LogP contribution in [0.3, 0.4) is 0 Å². The molecule has 12 heteroatoms. The Balaban J connectivity index is 1.74. The minimum absolute atomic E-state index is 0.123. The standard InChI is InChI=1S/C15H11F5N6O/c16-13(17)11-6-10(12-2-1-5-27-12)22-14(23-11)24-21-7-9-3-4-26(25-9)8-15(18,19)20/h1-7,13H,8H2,(H,22,23,24)/b21-7+. The van der Waals surface area contributed by atoms with Crippen LogP contribution in [0.5, 0.6) is 0 Å². The molecular weight excluding hydrogens is 375 g/mol. The highest BCUT2D eigenvalue weighted by Gasteiger charge is 2.28. The molecule has 0 unspecified atom stereocenters. The summed E-state index contributed by atoms with van der Waals surface area (Å²) < 4.78 is 68.7. The van der Waals surface area contributed by atoms with Gasteiger partial charge in [0.25, 0.3) is 6.43 Å². The zero-order valence-electron chi connectivity index (χ0n) is 13.4. The quantitative estimate of drug-likeness (QED) is 0.395. The summed E-state index contributed by atoms with van der Waals surface area (Å²) in [5.74, 6) is 0.0300. The van der Waals surface area contributed by atoms with E-state index in [-0.39, 0.29) is 23.1 Å². The van der Waals surface area contributed by atoms with Gasteiger partial charge in [0.05, 0.1) is 12.5 Å². The van der Waals surface area contributed by atoms with Gasteiger partial charge < -0.3 is 4.42 Å². The molecule has 0 atom stereocenters. The lowest BCUT2D eigenvalue weighted by molar-refractivity contribution is -0.142. The average molecular weight is 386 g/mol. The van der Waals surface area contributed by atoms with Gasteiger partial charge in [-0.25, -0.2) is 24.2 Å². The number of nitrogens with one attached hydrogen (secondary N) is 1. The molecule has 0 saturated heterocycles. The highest BCUT2D eigenvalue weighted by Crippen LogP contribution is 2.24. The largest absolute Gasteiger partial charge is 0.463 e. The van der Waals surface area contributed by atoms with Crippen molar-refractivity contribution < 1.29 is 26.4 Å². The van der Waals surface area contributed by atoms with Crippen molar-refractivity contribution in [3.8, 4) is 11.5 Å².